The first-order chi connectivity index (χ1) is 12.1. The summed E-state index contributed by atoms with van der Waals surface area (Å²) in [7, 11) is 0. The summed E-state index contributed by atoms with van der Waals surface area (Å²) in [5.74, 6) is -0.0427. The van der Waals surface area contributed by atoms with Gasteiger partial charge in [0.15, 0.2) is 0 Å². The quantitative estimate of drug-likeness (QED) is 0.711. The molecular weight excluding hydrogens is 334 g/mol. The SMILES string of the molecule is CCC(C)NC(=O)CC(c1ccccc1)c1cnc2ccc(Cl)cn12. The maximum atomic E-state index is 12.5. The number of pyridine rings is 1. The fourth-order valence-electron chi connectivity index (χ4n) is 2.93. The highest BCUT2D eigenvalue weighted by Gasteiger charge is 2.22. The van der Waals surface area contributed by atoms with Gasteiger partial charge in [-0.1, -0.05) is 48.9 Å². The predicted octanol–water partition coefficient (Wildman–Crippen LogP) is 4.42. The van der Waals surface area contributed by atoms with Crippen LogP contribution in [-0.4, -0.2) is 21.3 Å². The van der Waals surface area contributed by atoms with Gasteiger partial charge < -0.3 is 9.72 Å². The molecule has 1 amide bonds. The number of hydrogen-bond donors (Lipinski definition) is 1. The fourth-order valence-corrected chi connectivity index (χ4v) is 3.09. The molecule has 25 heavy (non-hydrogen) atoms. The molecule has 0 bridgehead atoms. The Labute approximate surface area is 152 Å². The summed E-state index contributed by atoms with van der Waals surface area (Å²) < 4.78 is 1.97. The summed E-state index contributed by atoms with van der Waals surface area (Å²) in [5, 5.41) is 3.70. The van der Waals surface area contributed by atoms with Crippen LogP contribution in [0.2, 0.25) is 5.02 Å². The van der Waals surface area contributed by atoms with E-state index in [2.05, 4.69) is 17.2 Å². The first-order valence-corrected chi connectivity index (χ1v) is 8.93. The molecule has 2 atom stereocenters. The largest absolute Gasteiger partial charge is 0.354 e. The summed E-state index contributed by atoms with van der Waals surface area (Å²) in [5.41, 5.74) is 2.87. The van der Waals surface area contributed by atoms with Gasteiger partial charge in [0.1, 0.15) is 5.65 Å². The Morgan fingerprint density at radius 2 is 2.00 bits per heavy atom. The first-order valence-electron chi connectivity index (χ1n) is 8.55. The number of imidazole rings is 1. The van der Waals surface area contributed by atoms with Crippen molar-refractivity contribution in [2.75, 3.05) is 0 Å². The molecule has 3 aromatic rings. The van der Waals surface area contributed by atoms with Crippen LogP contribution in [0.15, 0.2) is 54.9 Å². The molecule has 0 radical (unpaired) electrons. The molecule has 0 spiro atoms. The molecule has 2 aromatic heterocycles. The van der Waals surface area contributed by atoms with Gasteiger partial charge in [-0.25, -0.2) is 4.98 Å². The van der Waals surface area contributed by atoms with Crippen LogP contribution in [0.5, 0.6) is 0 Å². The van der Waals surface area contributed by atoms with E-state index in [4.69, 9.17) is 11.6 Å². The second kappa shape index (κ2) is 7.70. The highest BCUT2D eigenvalue weighted by molar-refractivity contribution is 6.30. The molecular formula is C20H22ClN3O. The number of nitrogens with zero attached hydrogens (tertiary/aromatic N) is 2. The number of fused-ring (bicyclic) bond motifs is 1. The third kappa shape index (κ3) is 4.02. The Kier molecular flexibility index (Phi) is 5.39. The van der Waals surface area contributed by atoms with Gasteiger partial charge in [-0.2, -0.15) is 0 Å². The summed E-state index contributed by atoms with van der Waals surface area (Å²) in [6, 6.07) is 13.9. The number of benzene rings is 1. The van der Waals surface area contributed by atoms with Gasteiger partial charge in [0.2, 0.25) is 5.91 Å². The van der Waals surface area contributed by atoms with Gasteiger partial charge >= 0.3 is 0 Å². The molecule has 130 valence electrons. The van der Waals surface area contributed by atoms with Crippen LogP contribution in [0.4, 0.5) is 0 Å². The van der Waals surface area contributed by atoms with Crippen molar-refractivity contribution in [3.8, 4) is 0 Å². The zero-order valence-corrected chi connectivity index (χ0v) is 15.2. The van der Waals surface area contributed by atoms with Crippen molar-refractivity contribution >= 4 is 23.2 Å². The summed E-state index contributed by atoms with van der Waals surface area (Å²) in [6.07, 6.45) is 4.96. The molecule has 0 aliphatic rings. The van der Waals surface area contributed by atoms with E-state index >= 15 is 0 Å². The normalized spacial score (nSPS) is 13.6. The second-order valence-corrected chi connectivity index (χ2v) is 6.74. The average molecular weight is 356 g/mol. The highest BCUT2D eigenvalue weighted by atomic mass is 35.5. The van der Waals surface area contributed by atoms with Gasteiger partial charge in [-0.3, -0.25) is 4.79 Å². The molecule has 0 saturated carbocycles. The molecule has 0 aliphatic carbocycles. The van der Waals surface area contributed by atoms with Crippen molar-refractivity contribution in [3.63, 3.8) is 0 Å². The molecule has 2 heterocycles. The van der Waals surface area contributed by atoms with Crippen molar-refractivity contribution in [2.45, 2.75) is 38.6 Å². The van der Waals surface area contributed by atoms with E-state index in [1.54, 1.807) is 0 Å². The van der Waals surface area contributed by atoms with Crippen LogP contribution < -0.4 is 5.32 Å². The Morgan fingerprint density at radius 1 is 1.24 bits per heavy atom. The van der Waals surface area contributed by atoms with E-state index in [1.807, 2.05) is 66.2 Å². The number of amides is 1. The molecule has 0 aliphatic heterocycles. The fraction of sp³-hybridized carbons (Fsp3) is 0.300. The Balaban J connectivity index is 1.99. The minimum Gasteiger partial charge on any atom is -0.354 e. The second-order valence-electron chi connectivity index (χ2n) is 6.30. The van der Waals surface area contributed by atoms with E-state index in [0.717, 1.165) is 23.3 Å². The molecule has 4 nitrogen and oxygen atoms in total. The lowest BCUT2D eigenvalue weighted by molar-refractivity contribution is -0.121. The molecule has 0 fully saturated rings. The number of halogens is 1. The van der Waals surface area contributed by atoms with Crippen molar-refractivity contribution < 1.29 is 4.79 Å². The first kappa shape index (κ1) is 17.5. The Bertz CT molecular complexity index is 860. The minimum absolute atomic E-state index is 0.0418. The minimum atomic E-state index is -0.0845. The maximum absolute atomic E-state index is 12.5. The van der Waals surface area contributed by atoms with Crippen molar-refractivity contribution in [2.24, 2.45) is 0 Å². The zero-order valence-electron chi connectivity index (χ0n) is 14.4. The number of carbonyl (C=O) groups is 1. The van der Waals surface area contributed by atoms with Crippen LogP contribution in [0.1, 0.15) is 43.9 Å². The maximum Gasteiger partial charge on any atom is 0.221 e. The van der Waals surface area contributed by atoms with E-state index in [1.165, 1.54) is 0 Å². The third-order valence-electron chi connectivity index (χ3n) is 4.47. The monoisotopic (exact) mass is 355 g/mol. The molecule has 5 heteroatoms. The summed E-state index contributed by atoms with van der Waals surface area (Å²) in [4.78, 5) is 17.0. The van der Waals surface area contributed by atoms with Gasteiger partial charge in [0, 0.05) is 30.8 Å². The molecule has 1 N–H and O–H groups in total. The standard InChI is InChI=1S/C20H22ClN3O/c1-3-14(2)23-20(25)11-17(15-7-5-4-6-8-15)18-12-22-19-10-9-16(21)13-24(18)19/h4-10,12-14,17H,3,11H2,1-2H3,(H,23,25). The van der Waals surface area contributed by atoms with E-state index in [0.29, 0.717) is 11.4 Å². The van der Waals surface area contributed by atoms with E-state index in [9.17, 15) is 4.79 Å². The summed E-state index contributed by atoms with van der Waals surface area (Å²) in [6.45, 7) is 4.08. The predicted molar refractivity (Wildman–Crippen MR) is 101 cm³/mol. The Morgan fingerprint density at radius 3 is 2.72 bits per heavy atom. The zero-order chi connectivity index (χ0) is 17.8. The number of rotatable bonds is 6. The van der Waals surface area contributed by atoms with Gasteiger partial charge in [0.25, 0.3) is 0 Å². The molecule has 1 aromatic carbocycles. The van der Waals surface area contributed by atoms with Gasteiger partial charge in [0.05, 0.1) is 10.7 Å². The topological polar surface area (TPSA) is 46.4 Å². The third-order valence-corrected chi connectivity index (χ3v) is 4.69. The van der Waals surface area contributed by atoms with Gasteiger partial charge in [-0.05, 0) is 31.0 Å². The highest BCUT2D eigenvalue weighted by Crippen LogP contribution is 2.29. The van der Waals surface area contributed by atoms with Crippen LogP contribution in [0.3, 0.4) is 0 Å². The Hall–Kier alpha value is -2.33. The van der Waals surface area contributed by atoms with E-state index < -0.39 is 0 Å². The number of nitrogens with one attached hydrogen (secondary N) is 1. The van der Waals surface area contributed by atoms with E-state index in [-0.39, 0.29) is 17.9 Å². The number of aromatic nitrogens is 2. The van der Waals surface area contributed by atoms with Crippen molar-refractivity contribution in [1.82, 2.24) is 14.7 Å². The number of hydrogen-bond acceptors (Lipinski definition) is 2. The van der Waals surface area contributed by atoms with Crippen LogP contribution in [0.25, 0.3) is 5.65 Å². The molecule has 0 saturated heterocycles. The van der Waals surface area contributed by atoms with Crippen molar-refractivity contribution in [1.29, 1.82) is 0 Å². The lowest BCUT2D eigenvalue weighted by Crippen LogP contribution is -2.33. The van der Waals surface area contributed by atoms with Gasteiger partial charge in [-0.15, -0.1) is 0 Å². The van der Waals surface area contributed by atoms with Crippen molar-refractivity contribution in [3.05, 3.63) is 71.1 Å². The lowest BCUT2D eigenvalue weighted by Gasteiger charge is -2.19. The average Bonchev–Trinajstić information content (AvgIpc) is 3.03. The summed E-state index contributed by atoms with van der Waals surface area (Å²) >= 11 is 6.16. The lowest BCUT2D eigenvalue weighted by atomic mass is 9.92. The number of carbonyl (C=O) groups excluding carboxylic acids is 1. The van der Waals surface area contributed by atoms with Crippen LogP contribution in [-0.2, 0) is 4.79 Å². The smallest absolute Gasteiger partial charge is 0.221 e. The van der Waals surface area contributed by atoms with Crippen LogP contribution >= 0.6 is 11.6 Å². The molecule has 2 unspecified atom stereocenters. The molecule has 3 rings (SSSR count). The van der Waals surface area contributed by atoms with Crippen LogP contribution in [0, 0.1) is 0 Å².